The van der Waals surface area contributed by atoms with Gasteiger partial charge in [-0.2, -0.15) is 0 Å². The van der Waals surface area contributed by atoms with Gasteiger partial charge in [0, 0.05) is 22.5 Å². The number of nitrogens with one attached hydrogen (secondary N) is 1. The van der Waals surface area contributed by atoms with Gasteiger partial charge in [0.2, 0.25) is 0 Å². The summed E-state index contributed by atoms with van der Waals surface area (Å²) in [5.74, 6) is 0.589. The van der Waals surface area contributed by atoms with Crippen LogP contribution in [0.5, 0.6) is 0 Å². The van der Waals surface area contributed by atoms with Crippen molar-refractivity contribution < 1.29 is 0 Å². The molecule has 0 aliphatic carbocycles. The topological polar surface area (TPSA) is 12.0 Å². The van der Waals surface area contributed by atoms with Gasteiger partial charge in [0.05, 0.1) is 5.02 Å². The van der Waals surface area contributed by atoms with Crippen molar-refractivity contribution in [1.29, 1.82) is 0 Å². The zero-order valence-electron chi connectivity index (χ0n) is 8.93. The molecule has 0 aromatic heterocycles. The second kappa shape index (κ2) is 4.44. The molecule has 0 spiro atoms. The van der Waals surface area contributed by atoms with Crippen LogP contribution in [0.15, 0.2) is 22.7 Å². The first-order valence-corrected chi connectivity index (χ1v) is 6.46. The van der Waals surface area contributed by atoms with Crippen LogP contribution in [0.1, 0.15) is 31.7 Å². The van der Waals surface area contributed by atoms with Crippen LogP contribution in [0.3, 0.4) is 0 Å². The summed E-state index contributed by atoms with van der Waals surface area (Å²) in [6.45, 7) is 4.47. The Balaban J connectivity index is 2.26. The Kier molecular flexibility index (Phi) is 3.39. The van der Waals surface area contributed by atoms with Crippen molar-refractivity contribution in [1.82, 2.24) is 5.32 Å². The summed E-state index contributed by atoms with van der Waals surface area (Å²) in [4.78, 5) is 0. The van der Waals surface area contributed by atoms with Crippen molar-refractivity contribution in [2.45, 2.75) is 38.3 Å². The van der Waals surface area contributed by atoms with E-state index in [1.54, 1.807) is 0 Å². The molecule has 3 heteroatoms. The van der Waals surface area contributed by atoms with Crippen LogP contribution < -0.4 is 5.32 Å². The molecule has 15 heavy (non-hydrogen) atoms. The number of halogens is 2. The molecule has 0 saturated carbocycles. The van der Waals surface area contributed by atoms with Crippen LogP contribution in [0.25, 0.3) is 0 Å². The largest absolute Gasteiger partial charge is 0.311 e. The van der Waals surface area contributed by atoms with Crippen LogP contribution in [0.2, 0.25) is 5.02 Å². The third-order valence-electron chi connectivity index (χ3n) is 3.13. The zero-order chi connectivity index (χ0) is 11.0. The lowest BCUT2D eigenvalue weighted by molar-refractivity contribution is 0.575. The summed E-state index contributed by atoms with van der Waals surface area (Å²) < 4.78 is 0.972. The van der Waals surface area contributed by atoms with Gasteiger partial charge in [-0.25, -0.2) is 0 Å². The lowest BCUT2D eigenvalue weighted by atomic mass is 9.92. The molecule has 1 aliphatic rings. The summed E-state index contributed by atoms with van der Waals surface area (Å²) in [6, 6.07) is 7.42. The highest BCUT2D eigenvalue weighted by Crippen LogP contribution is 2.34. The average molecular weight is 289 g/mol. The van der Waals surface area contributed by atoms with E-state index in [9.17, 15) is 0 Å². The van der Waals surface area contributed by atoms with Crippen LogP contribution in [0, 0.1) is 0 Å². The quantitative estimate of drug-likeness (QED) is 0.825. The molecule has 1 N–H and O–H groups in total. The summed E-state index contributed by atoms with van der Waals surface area (Å²) >= 11 is 9.53. The molecule has 2 rings (SSSR count). The van der Waals surface area contributed by atoms with Crippen molar-refractivity contribution in [3.05, 3.63) is 33.3 Å². The molecule has 0 amide bonds. The fraction of sp³-hybridized carbons (Fsp3) is 0.500. The molecule has 1 aromatic carbocycles. The van der Waals surface area contributed by atoms with Gasteiger partial charge < -0.3 is 5.32 Å². The molecule has 1 nitrogen and oxygen atoms in total. The van der Waals surface area contributed by atoms with Crippen LogP contribution in [-0.4, -0.2) is 12.1 Å². The summed E-state index contributed by atoms with van der Waals surface area (Å²) in [6.07, 6.45) is 1.19. The van der Waals surface area contributed by atoms with E-state index in [4.69, 9.17) is 11.6 Å². The third-order valence-corrected chi connectivity index (χ3v) is 4.36. The fourth-order valence-electron chi connectivity index (χ4n) is 2.39. The fourth-order valence-corrected chi connectivity index (χ4v) is 2.82. The normalized spacial score (nSPS) is 30.8. The van der Waals surface area contributed by atoms with Crippen molar-refractivity contribution in [3.8, 4) is 0 Å². The maximum atomic E-state index is 6.11. The van der Waals surface area contributed by atoms with Gasteiger partial charge in [-0.3, -0.25) is 0 Å². The third kappa shape index (κ3) is 2.38. The van der Waals surface area contributed by atoms with Crippen molar-refractivity contribution in [3.63, 3.8) is 0 Å². The predicted molar refractivity (Wildman–Crippen MR) is 68.6 cm³/mol. The molecule has 1 heterocycles. The maximum Gasteiger partial charge on any atom is 0.0550 e. The molecular weight excluding hydrogens is 273 g/mol. The lowest BCUT2D eigenvalue weighted by Gasteiger charge is -2.15. The molecule has 0 bridgehead atoms. The predicted octanol–water partition coefficient (Wildman–Crippen LogP) is 3.96. The Morgan fingerprint density at radius 2 is 2.13 bits per heavy atom. The molecule has 1 fully saturated rings. The standard InChI is InChI=1S/C12H15BrClN/c1-7-5-10(8(2)15-7)9-3-4-11(13)12(14)6-9/h3-4,6-8,10,15H,5H2,1-2H3. The second-order valence-corrected chi connectivity index (χ2v) is 5.63. The summed E-state index contributed by atoms with van der Waals surface area (Å²) in [5, 5.41) is 4.35. The van der Waals surface area contributed by atoms with E-state index in [0.717, 1.165) is 9.50 Å². The monoisotopic (exact) mass is 287 g/mol. The minimum absolute atomic E-state index is 0.539. The van der Waals surface area contributed by atoms with Crippen LogP contribution in [-0.2, 0) is 0 Å². The van der Waals surface area contributed by atoms with Gasteiger partial charge >= 0.3 is 0 Å². The minimum atomic E-state index is 0.539. The smallest absolute Gasteiger partial charge is 0.0550 e. The maximum absolute atomic E-state index is 6.11. The molecule has 3 unspecified atom stereocenters. The molecule has 3 atom stereocenters. The molecule has 82 valence electrons. The van der Waals surface area contributed by atoms with Crippen molar-refractivity contribution >= 4 is 27.5 Å². The Morgan fingerprint density at radius 3 is 2.67 bits per heavy atom. The van der Waals surface area contributed by atoms with Gasteiger partial charge in [0.1, 0.15) is 0 Å². The number of rotatable bonds is 1. The first kappa shape index (κ1) is 11.4. The number of hydrogen-bond donors (Lipinski definition) is 1. The van der Waals surface area contributed by atoms with Gasteiger partial charge in [0.15, 0.2) is 0 Å². The van der Waals surface area contributed by atoms with E-state index in [-0.39, 0.29) is 0 Å². The average Bonchev–Trinajstić information content (AvgIpc) is 2.50. The van der Waals surface area contributed by atoms with Crippen LogP contribution in [0.4, 0.5) is 0 Å². The Bertz CT molecular complexity index is 367. The lowest BCUT2D eigenvalue weighted by Crippen LogP contribution is -2.26. The highest BCUT2D eigenvalue weighted by atomic mass is 79.9. The summed E-state index contributed by atoms with van der Waals surface area (Å²) in [7, 11) is 0. The Hall–Kier alpha value is -0.0500. The minimum Gasteiger partial charge on any atom is -0.311 e. The Morgan fingerprint density at radius 1 is 1.40 bits per heavy atom. The highest BCUT2D eigenvalue weighted by molar-refractivity contribution is 9.10. The van der Waals surface area contributed by atoms with Crippen molar-refractivity contribution in [2.75, 3.05) is 0 Å². The molecule has 1 saturated heterocycles. The summed E-state index contributed by atoms with van der Waals surface area (Å²) in [5.41, 5.74) is 1.34. The van der Waals surface area contributed by atoms with E-state index in [1.165, 1.54) is 12.0 Å². The van der Waals surface area contributed by atoms with Crippen LogP contribution >= 0.6 is 27.5 Å². The Labute approximate surface area is 104 Å². The van der Waals surface area contributed by atoms with Gasteiger partial charge in [-0.05, 0) is 53.9 Å². The van der Waals surface area contributed by atoms with E-state index in [1.807, 2.05) is 6.07 Å². The number of hydrogen-bond acceptors (Lipinski definition) is 1. The first-order chi connectivity index (χ1) is 7.08. The van der Waals surface area contributed by atoms with E-state index >= 15 is 0 Å². The SMILES string of the molecule is CC1CC(c2ccc(Br)c(Cl)c2)C(C)N1. The van der Waals surface area contributed by atoms with E-state index in [2.05, 4.69) is 47.2 Å². The van der Waals surface area contributed by atoms with Gasteiger partial charge in [-0.15, -0.1) is 0 Å². The van der Waals surface area contributed by atoms with E-state index in [0.29, 0.717) is 18.0 Å². The van der Waals surface area contributed by atoms with Gasteiger partial charge in [0.25, 0.3) is 0 Å². The zero-order valence-corrected chi connectivity index (χ0v) is 11.3. The molecular formula is C12H15BrClN. The number of benzene rings is 1. The molecule has 1 aliphatic heterocycles. The van der Waals surface area contributed by atoms with Gasteiger partial charge in [-0.1, -0.05) is 17.7 Å². The highest BCUT2D eigenvalue weighted by Gasteiger charge is 2.29. The first-order valence-electron chi connectivity index (χ1n) is 5.29. The second-order valence-electron chi connectivity index (χ2n) is 4.37. The molecule has 0 radical (unpaired) electrons. The van der Waals surface area contributed by atoms with Crippen molar-refractivity contribution in [2.24, 2.45) is 0 Å². The van der Waals surface area contributed by atoms with E-state index < -0.39 is 0 Å². The molecule has 1 aromatic rings.